The summed E-state index contributed by atoms with van der Waals surface area (Å²) in [6.45, 7) is 8.44. The highest BCUT2D eigenvalue weighted by Crippen LogP contribution is 2.29. The quantitative estimate of drug-likeness (QED) is 0.505. The largest absolute Gasteiger partial charge is 0.497 e. The Balaban J connectivity index is 1.46. The van der Waals surface area contributed by atoms with Gasteiger partial charge in [0.1, 0.15) is 5.75 Å². The molecular weight excluding hydrogens is 424 g/mol. The lowest BCUT2D eigenvalue weighted by atomic mass is 9.92. The van der Waals surface area contributed by atoms with Crippen LogP contribution in [0.3, 0.4) is 0 Å². The summed E-state index contributed by atoms with van der Waals surface area (Å²) in [5.41, 5.74) is 2.97. The number of H-pyrrole nitrogens is 1. The highest BCUT2D eigenvalue weighted by Gasteiger charge is 2.24. The molecule has 0 amide bonds. The average molecular weight is 451 g/mol. The maximum absolute atomic E-state index is 12.7. The summed E-state index contributed by atoms with van der Waals surface area (Å²) in [5.74, 6) is 2.77. The van der Waals surface area contributed by atoms with E-state index in [1.165, 1.54) is 22.4 Å². The molecule has 5 rings (SSSR count). The second-order valence-electron chi connectivity index (χ2n) is 8.69. The van der Waals surface area contributed by atoms with Gasteiger partial charge in [-0.25, -0.2) is 15.0 Å². The Labute approximate surface area is 189 Å². The predicted octanol–water partition coefficient (Wildman–Crippen LogP) is 4.03. The number of fused-ring (bicyclic) bond motifs is 1. The second kappa shape index (κ2) is 8.05. The van der Waals surface area contributed by atoms with Gasteiger partial charge < -0.3 is 9.64 Å². The molecule has 32 heavy (non-hydrogen) atoms. The Morgan fingerprint density at radius 2 is 1.94 bits per heavy atom. The summed E-state index contributed by atoms with van der Waals surface area (Å²) in [6, 6.07) is 7.25. The Morgan fingerprint density at radius 3 is 2.66 bits per heavy atom. The number of benzene rings is 1. The molecule has 0 aliphatic carbocycles. The van der Waals surface area contributed by atoms with E-state index in [2.05, 4.69) is 33.8 Å². The van der Waals surface area contributed by atoms with Crippen LogP contribution >= 0.6 is 11.3 Å². The number of thiazole rings is 1. The highest BCUT2D eigenvalue weighted by atomic mass is 32.1. The Hall–Kier alpha value is -3.20. The summed E-state index contributed by atoms with van der Waals surface area (Å²) in [6.07, 6.45) is 3.04. The normalized spacial score (nSPS) is 18.9. The lowest BCUT2D eigenvalue weighted by molar-refractivity contribution is 0.353. The zero-order valence-corrected chi connectivity index (χ0v) is 19.4. The monoisotopic (exact) mass is 450 g/mol. The minimum atomic E-state index is -0.173. The summed E-state index contributed by atoms with van der Waals surface area (Å²) >= 11 is 1.43. The maximum Gasteiger partial charge on any atom is 0.273 e. The summed E-state index contributed by atoms with van der Waals surface area (Å²) < 4.78 is 7.71. The second-order valence-corrected chi connectivity index (χ2v) is 9.70. The first kappa shape index (κ1) is 20.7. The fraction of sp³-hybridized carbons (Fsp3) is 0.391. The molecule has 2 atom stereocenters. The van der Waals surface area contributed by atoms with E-state index in [4.69, 9.17) is 9.72 Å². The number of ether oxygens (including phenoxy) is 1. The number of hydrogen-bond donors (Lipinski definition) is 1. The van der Waals surface area contributed by atoms with Gasteiger partial charge in [0.25, 0.3) is 5.56 Å². The lowest BCUT2D eigenvalue weighted by Gasteiger charge is -2.35. The third-order valence-electron chi connectivity index (χ3n) is 5.90. The fourth-order valence-electron chi connectivity index (χ4n) is 4.49. The minimum Gasteiger partial charge on any atom is -0.497 e. The standard InChI is InChI=1S/C23H26N6O2S/c1-13-7-14(2)12-28(11-13)22-24-10-17(15(3)25-22)19-9-21(30)29(27-19)23-26-18-6-5-16(31-4)8-20(18)32-23/h5-6,8-10,13-14,27H,7,11-12H2,1-4H3. The molecular formula is C23H26N6O2S. The number of hydrogen-bond acceptors (Lipinski definition) is 7. The van der Waals surface area contributed by atoms with E-state index >= 15 is 0 Å². The van der Waals surface area contributed by atoms with Crippen molar-refractivity contribution in [1.82, 2.24) is 24.7 Å². The number of aryl methyl sites for hydroxylation is 1. The van der Waals surface area contributed by atoms with Gasteiger partial charge in [0.05, 0.1) is 28.7 Å². The van der Waals surface area contributed by atoms with Crippen molar-refractivity contribution in [3.63, 3.8) is 0 Å². The number of rotatable bonds is 4. The van der Waals surface area contributed by atoms with Gasteiger partial charge in [-0.1, -0.05) is 25.2 Å². The van der Waals surface area contributed by atoms with Crippen LogP contribution in [0.25, 0.3) is 26.6 Å². The van der Waals surface area contributed by atoms with Crippen molar-refractivity contribution < 1.29 is 4.74 Å². The van der Waals surface area contributed by atoms with Gasteiger partial charge in [-0.2, -0.15) is 4.68 Å². The molecule has 1 saturated heterocycles. The number of nitrogens with zero attached hydrogens (tertiary/aromatic N) is 5. The molecule has 1 aliphatic rings. The zero-order chi connectivity index (χ0) is 22.4. The smallest absolute Gasteiger partial charge is 0.273 e. The predicted molar refractivity (Wildman–Crippen MR) is 127 cm³/mol. The molecule has 0 radical (unpaired) electrons. The molecule has 0 spiro atoms. The SMILES string of the molecule is COc1ccc2nc(-n3[nH]c(-c4cnc(N5CC(C)CC(C)C5)nc4C)cc3=O)sc2c1. The van der Waals surface area contributed by atoms with Gasteiger partial charge in [-0.3, -0.25) is 9.89 Å². The molecule has 3 aromatic heterocycles. The van der Waals surface area contributed by atoms with Crippen molar-refractivity contribution in [2.45, 2.75) is 27.2 Å². The van der Waals surface area contributed by atoms with Crippen molar-refractivity contribution in [2.75, 3.05) is 25.1 Å². The zero-order valence-electron chi connectivity index (χ0n) is 18.6. The molecule has 1 aromatic carbocycles. The van der Waals surface area contributed by atoms with Crippen molar-refractivity contribution in [1.29, 1.82) is 0 Å². The highest BCUT2D eigenvalue weighted by molar-refractivity contribution is 7.20. The van der Waals surface area contributed by atoms with Crippen LogP contribution in [0.2, 0.25) is 0 Å². The molecule has 1 aliphatic heterocycles. The van der Waals surface area contributed by atoms with Gasteiger partial charge in [-0.15, -0.1) is 0 Å². The molecule has 4 heterocycles. The van der Waals surface area contributed by atoms with Crippen LogP contribution in [-0.4, -0.2) is 44.9 Å². The lowest BCUT2D eigenvalue weighted by Crippen LogP contribution is -2.39. The van der Waals surface area contributed by atoms with E-state index < -0.39 is 0 Å². The Bertz CT molecular complexity index is 1330. The van der Waals surface area contributed by atoms with E-state index in [9.17, 15) is 4.79 Å². The molecule has 0 bridgehead atoms. The van der Waals surface area contributed by atoms with Crippen LogP contribution in [0, 0.1) is 18.8 Å². The van der Waals surface area contributed by atoms with Gasteiger partial charge in [0.15, 0.2) is 0 Å². The van der Waals surface area contributed by atoms with E-state index in [0.29, 0.717) is 22.7 Å². The van der Waals surface area contributed by atoms with Crippen molar-refractivity contribution in [3.05, 3.63) is 46.5 Å². The van der Waals surface area contributed by atoms with E-state index in [-0.39, 0.29) is 5.56 Å². The first-order valence-electron chi connectivity index (χ1n) is 10.8. The molecule has 4 aromatic rings. The van der Waals surface area contributed by atoms with Crippen molar-refractivity contribution in [3.8, 4) is 22.1 Å². The van der Waals surface area contributed by atoms with Crippen LogP contribution in [0.1, 0.15) is 26.0 Å². The Kier molecular flexibility index (Phi) is 5.21. The molecule has 166 valence electrons. The first-order valence-corrected chi connectivity index (χ1v) is 11.6. The number of aromatic nitrogens is 5. The number of nitrogens with one attached hydrogen (secondary N) is 1. The average Bonchev–Trinajstić information content (AvgIpc) is 3.35. The fourth-order valence-corrected chi connectivity index (χ4v) is 5.45. The number of piperidine rings is 1. The number of anilines is 1. The van der Waals surface area contributed by atoms with Crippen LogP contribution in [-0.2, 0) is 0 Å². The molecule has 2 unspecified atom stereocenters. The molecule has 1 fully saturated rings. The summed E-state index contributed by atoms with van der Waals surface area (Å²) in [7, 11) is 1.63. The number of aromatic amines is 1. The van der Waals surface area contributed by atoms with E-state index in [1.54, 1.807) is 19.4 Å². The Morgan fingerprint density at radius 1 is 1.16 bits per heavy atom. The van der Waals surface area contributed by atoms with Crippen LogP contribution in [0.15, 0.2) is 35.3 Å². The van der Waals surface area contributed by atoms with Gasteiger partial charge >= 0.3 is 0 Å². The van der Waals surface area contributed by atoms with E-state index in [1.807, 2.05) is 25.1 Å². The molecule has 0 saturated carbocycles. The number of methoxy groups -OCH3 is 1. The minimum absolute atomic E-state index is 0.173. The molecule has 1 N–H and O–H groups in total. The van der Waals surface area contributed by atoms with Gasteiger partial charge in [-0.05, 0) is 43.4 Å². The summed E-state index contributed by atoms with van der Waals surface area (Å²) in [4.78, 5) is 29.0. The maximum atomic E-state index is 12.7. The van der Waals surface area contributed by atoms with Crippen LogP contribution in [0.5, 0.6) is 5.75 Å². The van der Waals surface area contributed by atoms with Crippen molar-refractivity contribution in [2.24, 2.45) is 11.8 Å². The third-order valence-corrected chi connectivity index (χ3v) is 6.91. The van der Waals surface area contributed by atoms with Crippen molar-refractivity contribution >= 4 is 27.5 Å². The van der Waals surface area contributed by atoms with Gasteiger partial charge in [0, 0.05) is 30.9 Å². The summed E-state index contributed by atoms with van der Waals surface area (Å²) in [5, 5.41) is 3.76. The first-order chi connectivity index (χ1) is 15.4. The van der Waals surface area contributed by atoms with E-state index in [0.717, 1.165) is 46.3 Å². The van der Waals surface area contributed by atoms with Crippen LogP contribution in [0.4, 0.5) is 5.95 Å². The van der Waals surface area contributed by atoms with Gasteiger partial charge in [0.2, 0.25) is 11.1 Å². The topological polar surface area (TPSA) is 88.9 Å². The molecule has 9 heteroatoms. The van der Waals surface area contributed by atoms with Crippen LogP contribution < -0.4 is 15.2 Å². The third kappa shape index (κ3) is 3.77. The molecule has 8 nitrogen and oxygen atoms in total.